The molecule has 2 heterocycles. The lowest BCUT2D eigenvalue weighted by atomic mass is 9.95. The highest BCUT2D eigenvalue weighted by Crippen LogP contribution is 2.48. The molecule has 2 heteroatoms. The first-order chi connectivity index (χ1) is 16.2. The molecule has 6 aromatic rings. The molecule has 4 aromatic carbocycles. The molecular formula is C31H22N2. The van der Waals surface area contributed by atoms with Gasteiger partial charge in [0.05, 0.1) is 11.2 Å². The van der Waals surface area contributed by atoms with Gasteiger partial charge in [-0.2, -0.15) is 0 Å². The summed E-state index contributed by atoms with van der Waals surface area (Å²) in [5.41, 5.74) is 16.2. The van der Waals surface area contributed by atoms with Crippen LogP contribution in [0.5, 0.6) is 0 Å². The Kier molecular flexibility index (Phi) is 3.15. The Morgan fingerprint density at radius 1 is 0.667 bits per heavy atom. The van der Waals surface area contributed by atoms with Gasteiger partial charge in [-0.25, -0.2) is 4.98 Å². The maximum atomic E-state index is 4.96. The van der Waals surface area contributed by atoms with E-state index in [0.29, 0.717) is 0 Å². The van der Waals surface area contributed by atoms with E-state index in [1.165, 1.54) is 71.9 Å². The number of aryl methyl sites for hydroxylation is 2. The van der Waals surface area contributed by atoms with Gasteiger partial charge >= 0.3 is 0 Å². The molecule has 0 radical (unpaired) electrons. The summed E-state index contributed by atoms with van der Waals surface area (Å²) in [5, 5.41) is 3.82. The summed E-state index contributed by atoms with van der Waals surface area (Å²) in [7, 11) is 0. The second-order valence-corrected chi connectivity index (χ2v) is 9.65. The zero-order chi connectivity index (χ0) is 21.8. The first-order valence-electron chi connectivity index (χ1n) is 11.8. The quantitative estimate of drug-likeness (QED) is 0.233. The topological polar surface area (TPSA) is 17.3 Å². The standard InChI is InChI=1S/C31H22N2/c1-17-18(2)33-29-15-21-14-28-24(12-11-20-13-19-7-3-4-8-22(19)30(20)28)26(21)16-27(29)23-9-5-6-10-25(23)31(33)32-17/h3-12,15-16H,13-14H2,1-2H3. The minimum Gasteiger partial charge on any atom is -0.296 e. The molecule has 156 valence electrons. The maximum Gasteiger partial charge on any atom is 0.145 e. The fraction of sp³-hybridized carbons (Fsp3) is 0.129. The highest BCUT2D eigenvalue weighted by Gasteiger charge is 2.29. The molecule has 2 aromatic heterocycles. The van der Waals surface area contributed by atoms with Crippen molar-refractivity contribution < 1.29 is 0 Å². The number of benzene rings is 4. The predicted octanol–water partition coefficient (Wildman–Crippen LogP) is 7.40. The number of hydrogen-bond acceptors (Lipinski definition) is 1. The highest BCUT2D eigenvalue weighted by molar-refractivity contribution is 6.13. The summed E-state index contributed by atoms with van der Waals surface area (Å²) in [6, 6.07) is 27.3. The van der Waals surface area contributed by atoms with Gasteiger partial charge in [0.1, 0.15) is 5.65 Å². The fourth-order valence-corrected chi connectivity index (χ4v) is 6.36. The zero-order valence-corrected chi connectivity index (χ0v) is 18.7. The molecule has 0 amide bonds. The maximum absolute atomic E-state index is 4.96. The van der Waals surface area contributed by atoms with E-state index in [4.69, 9.17) is 4.98 Å². The summed E-state index contributed by atoms with van der Waals surface area (Å²) in [6.07, 6.45) is 2.05. The minimum absolute atomic E-state index is 0.999. The molecular weight excluding hydrogens is 400 g/mol. The SMILES string of the molecule is Cc1nc2c3ccccc3c3cc4c(cc3n2c1C)Cc1c-4ccc2c1-c1ccccc1C2. The first kappa shape index (κ1) is 17.6. The number of fused-ring (bicyclic) bond motifs is 13. The highest BCUT2D eigenvalue weighted by atomic mass is 15.0. The van der Waals surface area contributed by atoms with Crippen molar-refractivity contribution in [2.45, 2.75) is 26.7 Å². The Hall–Kier alpha value is -3.91. The zero-order valence-electron chi connectivity index (χ0n) is 18.7. The largest absolute Gasteiger partial charge is 0.296 e. The summed E-state index contributed by atoms with van der Waals surface area (Å²) >= 11 is 0. The molecule has 8 rings (SSSR count). The predicted molar refractivity (Wildman–Crippen MR) is 136 cm³/mol. The van der Waals surface area contributed by atoms with Crippen LogP contribution in [0.25, 0.3) is 49.6 Å². The van der Waals surface area contributed by atoms with Gasteiger partial charge in [-0.3, -0.25) is 4.40 Å². The van der Waals surface area contributed by atoms with Crippen molar-refractivity contribution in [2.24, 2.45) is 0 Å². The molecule has 2 aliphatic rings. The van der Waals surface area contributed by atoms with Crippen molar-refractivity contribution in [3.8, 4) is 22.3 Å². The molecule has 33 heavy (non-hydrogen) atoms. The lowest BCUT2D eigenvalue weighted by Gasteiger charge is -2.12. The van der Waals surface area contributed by atoms with Crippen LogP contribution in [0.2, 0.25) is 0 Å². The third-order valence-corrected chi connectivity index (χ3v) is 7.99. The van der Waals surface area contributed by atoms with E-state index in [1.807, 2.05) is 0 Å². The molecule has 0 N–H and O–H groups in total. The number of hydrogen-bond donors (Lipinski definition) is 0. The van der Waals surface area contributed by atoms with E-state index in [0.717, 1.165) is 24.2 Å². The van der Waals surface area contributed by atoms with Crippen LogP contribution in [0.3, 0.4) is 0 Å². The van der Waals surface area contributed by atoms with Gasteiger partial charge in [0.25, 0.3) is 0 Å². The molecule has 0 bridgehead atoms. The lowest BCUT2D eigenvalue weighted by molar-refractivity contribution is 1.14. The average molecular weight is 423 g/mol. The molecule has 0 fully saturated rings. The Balaban J connectivity index is 1.48. The van der Waals surface area contributed by atoms with Crippen molar-refractivity contribution in [1.82, 2.24) is 9.38 Å². The Bertz CT molecular complexity index is 1830. The Morgan fingerprint density at radius 2 is 1.48 bits per heavy atom. The normalized spacial score (nSPS) is 13.5. The molecule has 0 unspecified atom stereocenters. The molecule has 0 atom stereocenters. The van der Waals surface area contributed by atoms with Crippen LogP contribution in [0.1, 0.15) is 33.6 Å². The van der Waals surface area contributed by atoms with Gasteiger partial charge < -0.3 is 0 Å². The fourth-order valence-electron chi connectivity index (χ4n) is 6.36. The van der Waals surface area contributed by atoms with Crippen molar-refractivity contribution >= 4 is 27.3 Å². The molecule has 2 nitrogen and oxygen atoms in total. The van der Waals surface area contributed by atoms with Crippen LogP contribution in [-0.4, -0.2) is 9.38 Å². The Labute approximate surface area is 192 Å². The van der Waals surface area contributed by atoms with Crippen LogP contribution in [0.15, 0.2) is 72.8 Å². The Morgan fingerprint density at radius 3 is 2.39 bits per heavy atom. The van der Waals surface area contributed by atoms with Gasteiger partial charge in [-0.1, -0.05) is 60.7 Å². The molecule has 0 saturated heterocycles. The van der Waals surface area contributed by atoms with E-state index in [2.05, 4.69) is 91.0 Å². The van der Waals surface area contributed by atoms with Crippen LogP contribution in [0.4, 0.5) is 0 Å². The third kappa shape index (κ3) is 2.11. The second-order valence-electron chi connectivity index (χ2n) is 9.65. The monoisotopic (exact) mass is 422 g/mol. The summed E-state index contributed by atoms with van der Waals surface area (Å²) in [4.78, 5) is 4.96. The second kappa shape index (κ2) is 5.90. The van der Waals surface area contributed by atoms with Gasteiger partial charge in [-0.05, 0) is 88.7 Å². The van der Waals surface area contributed by atoms with E-state index >= 15 is 0 Å². The van der Waals surface area contributed by atoms with Gasteiger partial charge in [0, 0.05) is 16.5 Å². The van der Waals surface area contributed by atoms with Gasteiger partial charge in [0.2, 0.25) is 0 Å². The van der Waals surface area contributed by atoms with Crippen molar-refractivity contribution in [2.75, 3.05) is 0 Å². The van der Waals surface area contributed by atoms with Crippen LogP contribution in [-0.2, 0) is 12.8 Å². The number of nitrogens with zero attached hydrogens (tertiary/aromatic N) is 2. The van der Waals surface area contributed by atoms with Crippen LogP contribution < -0.4 is 0 Å². The third-order valence-electron chi connectivity index (χ3n) is 7.99. The van der Waals surface area contributed by atoms with Crippen LogP contribution in [0, 0.1) is 13.8 Å². The van der Waals surface area contributed by atoms with Crippen molar-refractivity contribution in [3.05, 3.63) is 106 Å². The average Bonchev–Trinajstić information content (AvgIpc) is 3.49. The number of imidazole rings is 1. The van der Waals surface area contributed by atoms with Crippen molar-refractivity contribution in [1.29, 1.82) is 0 Å². The molecule has 0 saturated carbocycles. The lowest BCUT2D eigenvalue weighted by Crippen LogP contribution is -1.95. The molecule has 0 spiro atoms. The van der Waals surface area contributed by atoms with Crippen molar-refractivity contribution in [3.63, 3.8) is 0 Å². The smallest absolute Gasteiger partial charge is 0.145 e. The van der Waals surface area contributed by atoms with Gasteiger partial charge in [0.15, 0.2) is 0 Å². The summed E-state index contributed by atoms with van der Waals surface area (Å²) in [5.74, 6) is 0. The molecule has 2 aliphatic carbocycles. The van der Waals surface area contributed by atoms with E-state index < -0.39 is 0 Å². The number of rotatable bonds is 0. The van der Waals surface area contributed by atoms with E-state index in [9.17, 15) is 0 Å². The molecule has 0 aliphatic heterocycles. The van der Waals surface area contributed by atoms with E-state index in [1.54, 1.807) is 0 Å². The van der Waals surface area contributed by atoms with Gasteiger partial charge in [-0.15, -0.1) is 0 Å². The summed E-state index contributed by atoms with van der Waals surface area (Å²) < 4.78 is 2.37. The number of pyridine rings is 1. The minimum atomic E-state index is 0.999. The first-order valence-corrected chi connectivity index (χ1v) is 11.8. The number of aromatic nitrogens is 2. The van der Waals surface area contributed by atoms with E-state index in [-0.39, 0.29) is 0 Å². The van der Waals surface area contributed by atoms with Crippen LogP contribution >= 0.6 is 0 Å². The summed E-state index contributed by atoms with van der Waals surface area (Å²) in [6.45, 7) is 4.31.